The first kappa shape index (κ1) is 26.8. The summed E-state index contributed by atoms with van der Waals surface area (Å²) in [5.74, 6) is -0.245. The average Bonchev–Trinajstić information content (AvgIpc) is 3.01. The summed E-state index contributed by atoms with van der Waals surface area (Å²) in [5.41, 5.74) is -1.61. The summed E-state index contributed by atoms with van der Waals surface area (Å²) in [6.45, 7) is 6.07. The van der Waals surface area contributed by atoms with Gasteiger partial charge in [-0.3, -0.25) is 9.59 Å². The summed E-state index contributed by atoms with van der Waals surface area (Å²) < 4.78 is 0. The van der Waals surface area contributed by atoms with Gasteiger partial charge in [0.25, 0.3) is 0 Å². The van der Waals surface area contributed by atoms with Crippen molar-refractivity contribution in [3.05, 3.63) is 51.0 Å². The van der Waals surface area contributed by atoms with E-state index in [0.29, 0.717) is 26.4 Å². The van der Waals surface area contributed by atoms with Gasteiger partial charge in [-0.2, -0.15) is 0 Å². The minimum Gasteiger partial charge on any atom is -0.393 e. The van der Waals surface area contributed by atoms with Crippen LogP contribution >= 0.6 is 46.6 Å². The highest BCUT2D eigenvalue weighted by molar-refractivity contribution is 8.00. The third-order valence-electron chi connectivity index (χ3n) is 9.84. The Labute approximate surface area is 231 Å². The maximum atomic E-state index is 13.8. The van der Waals surface area contributed by atoms with Crippen molar-refractivity contribution in [2.45, 2.75) is 63.1 Å². The van der Waals surface area contributed by atoms with Gasteiger partial charge in [-0.1, -0.05) is 67.2 Å². The lowest BCUT2D eigenvalue weighted by Crippen LogP contribution is -2.62. The van der Waals surface area contributed by atoms with Crippen molar-refractivity contribution in [3.8, 4) is 0 Å². The van der Waals surface area contributed by atoms with Gasteiger partial charge in [0, 0.05) is 21.6 Å². The highest BCUT2D eigenvalue weighted by atomic mass is 35.5. The van der Waals surface area contributed by atoms with Gasteiger partial charge in [0.05, 0.1) is 26.9 Å². The van der Waals surface area contributed by atoms with E-state index in [4.69, 9.17) is 34.8 Å². The molecule has 0 amide bonds. The predicted molar refractivity (Wildman–Crippen MR) is 145 cm³/mol. The van der Waals surface area contributed by atoms with Crippen molar-refractivity contribution in [3.63, 3.8) is 0 Å². The summed E-state index contributed by atoms with van der Waals surface area (Å²) in [4.78, 5) is 26.4. The van der Waals surface area contributed by atoms with E-state index in [1.807, 2.05) is 19.9 Å². The molecule has 0 bridgehead atoms. The molecule has 0 spiro atoms. The summed E-state index contributed by atoms with van der Waals surface area (Å²) in [7, 11) is 0. The Morgan fingerprint density at radius 2 is 1.86 bits per heavy atom. The quantitative estimate of drug-likeness (QED) is 0.317. The monoisotopic (exact) mass is 568 g/mol. The van der Waals surface area contributed by atoms with E-state index in [0.717, 1.165) is 24.8 Å². The first-order valence-electron chi connectivity index (χ1n) is 12.5. The molecule has 2 N–H and O–H groups in total. The SMILES string of the molecule is C[C@@H]1CC2C3CCC4=CC(=O)C=CC4(C)C3C(O)CC2(C)[C@@]1(O)C(=O)CSc1cc(Cl)c(Cl)cc1Cl. The molecule has 0 heterocycles. The zero-order chi connectivity index (χ0) is 26.2. The van der Waals surface area contributed by atoms with E-state index in [-0.39, 0.29) is 46.4 Å². The van der Waals surface area contributed by atoms with Crippen LogP contribution in [-0.2, 0) is 9.59 Å². The Balaban J connectivity index is 1.43. The Morgan fingerprint density at radius 1 is 1.17 bits per heavy atom. The molecule has 0 aliphatic heterocycles. The van der Waals surface area contributed by atoms with Crippen LogP contribution in [0.25, 0.3) is 0 Å². The zero-order valence-electron chi connectivity index (χ0n) is 20.6. The smallest absolute Gasteiger partial charge is 0.178 e. The van der Waals surface area contributed by atoms with Gasteiger partial charge in [-0.25, -0.2) is 0 Å². The molecule has 1 aromatic carbocycles. The molecular weight excluding hydrogens is 539 g/mol. The normalized spacial score (nSPS) is 41.4. The van der Waals surface area contributed by atoms with Crippen molar-refractivity contribution in [2.75, 3.05) is 5.75 Å². The second-order valence-corrected chi connectivity index (χ2v) is 13.8. The highest BCUT2D eigenvalue weighted by Gasteiger charge is 2.70. The van der Waals surface area contributed by atoms with Crippen LogP contribution in [0.5, 0.6) is 0 Å². The number of fused-ring (bicyclic) bond motifs is 5. The minimum absolute atomic E-state index is 0.00472. The highest BCUT2D eigenvalue weighted by Crippen LogP contribution is 2.68. The van der Waals surface area contributed by atoms with Gasteiger partial charge in [-0.05, 0) is 67.7 Å². The van der Waals surface area contributed by atoms with Crippen molar-refractivity contribution < 1.29 is 19.8 Å². The number of hydrogen-bond donors (Lipinski definition) is 2. The number of Topliss-reactive ketones (excluding diaryl/α,β-unsaturated/α-hetero) is 1. The van der Waals surface area contributed by atoms with Crippen LogP contribution in [-0.4, -0.2) is 39.2 Å². The summed E-state index contributed by atoms with van der Waals surface area (Å²) in [5, 5.41) is 24.8. The molecule has 4 nitrogen and oxygen atoms in total. The Morgan fingerprint density at radius 3 is 2.58 bits per heavy atom. The third-order valence-corrected chi connectivity index (χ3v) is 12.0. The molecular formula is C28H31Cl3O4S. The molecule has 0 radical (unpaired) electrons. The Hall–Kier alpha value is -0.820. The molecule has 8 heteroatoms. The van der Waals surface area contributed by atoms with E-state index in [1.165, 1.54) is 11.8 Å². The molecule has 1 aromatic rings. The fraction of sp³-hybridized carbons (Fsp3) is 0.571. The molecule has 36 heavy (non-hydrogen) atoms. The van der Waals surface area contributed by atoms with E-state index < -0.39 is 17.1 Å². The number of benzene rings is 1. The number of aliphatic hydroxyl groups excluding tert-OH is 1. The Bertz CT molecular complexity index is 1200. The molecule has 6 unspecified atom stereocenters. The third kappa shape index (κ3) is 3.79. The van der Waals surface area contributed by atoms with Crippen LogP contribution in [0.3, 0.4) is 0 Å². The van der Waals surface area contributed by atoms with Crippen LogP contribution < -0.4 is 0 Å². The molecule has 194 valence electrons. The molecule has 4 aliphatic rings. The van der Waals surface area contributed by atoms with Gasteiger partial charge in [0.15, 0.2) is 11.6 Å². The number of thioether (sulfide) groups is 1. The number of ketones is 2. The predicted octanol–water partition coefficient (Wildman–Crippen LogP) is 6.56. The van der Waals surface area contributed by atoms with Gasteiger partial charge in [0.2, 0.25) is 0 Å². The zero-order valence-corrected chi connectivity index (χ0v) is 23.6. The van der Waals surface area contributed by atoms with Gasteiger partial charge in [0.1, 0.15) is 5.60 Å². The number of hydrogen-bond acceptors (Lipinski definition) is 5. The van der Waals surface area contributed by atoms with E-state index >= 15 is 0 Å². The van der Waals surface area contributed by atoms with E-state index in [1.54, 1.807) is 24.3 Å². The number of carbonyl (C=O) groups excluding carboxylic acids is 2. The molecule has 0 aromatic heterocycles. The first-order chi connectivity index (χ1) is 16.8. The lowest BCUT2D eigenvalue weighted by molar-refractivity contribution is -0.179. The molecule has 0 saturated heterocycles. The fourth-order valence-electron chi connectivity index (χ4n) is 8.12. The summed E-state index contributed by atoms with van der Waals surface area (Å²) >= 11 is 19.7. The van der Waals surface area contributed by atoms with Gasteiger partial charge in [-0.15, -0.1) is 11.8 Å². The van der Waals surface area contributed by atoms with Crippen LogP contribution in [0.2, 0.25) is 15.1 Å². The lowest BCUT2D eigenvalue weighted by Gasteiger charge is -2.59. The Kier molecular flexibility index (Phi) is 6.79. The van der Waals surface area contributed by atoms with Crippen molar-refractivity contribution in [1.29, 1.82) is 0 Å². The number of allylic oxidation sites excluding steroid dienone is 4. The van der Waals surface area contributed by atoms with Gasteiger partial charge >= 0.3 is 0 Å². The van der Waals surface area contributed by atoms with Crippen molar-refractivity contribution >= 4 is 58.1 Å². The molecule has 5 rings (SSSR count). The van der Waals surface area contributed by atoms with E-state index in [9.17, 15) is 19.8 Å². The van der Waals surface area contributed by atoms with Gasteiger partial charge < -0.3 is 10.2 Å². The van der Waals surface area contributed by atoms with Crippen LogP contribution in [0, 0.1) is 34.5 Å². The minimum atomic E-state index is -1.56. The second-order valence-electron chi connectivity index (χ2n) is 11.5. The van der Waals surface area contributed by atoms with E-state index in [2.05, 4.69) is 6.92 Å². The van der Waals surface area contributed by atoms with Crippen LogP contribution in [0.15, 0.2) is 40.8 Å². The number of halogens is 3. The first-order valence-corrected chi connectivity index (χ1v) is 14.6. The fourth-order valence-corrected chi connectivity index (χ4v) is 9.80. The maximum absolute atomic E-state index is 13.8. The number of aliphatic hydroxyl groups is 2. The topological polar surface area (TPSA) is 74.6 Å². The van der Waals surface area contributed by atoms with Crippen molar-refractivity contribution in [1.82, 2.24) is 0 Å². The van der Waals surface area contributed by atoms with Crippen LogP contribution in [0.1, 0.15) is 46.5 Å². The average molecular weight is 570 g/mol. The maximum Gasteiger partial charge on any atom is 0.178 e. The molecule has 4 aliphatic carbocycles. The van der Waals surface area contributed by atoms with Crippen molar-refractivity contribution in [2.24, 2.45) is 34.5 Å². The standard InChI is InChI=1S/C28H31Cl3O4S/c1-14-8-18-17-5-4-15-9-16(32)6-7-26(15,2)25(17)22(33)12-27(18,3)28(14,35)24(34)13-36-23-11-20(30)19(29)10-21(23)31/h6-7,9-11,14,17-18,22,25,33,35H,4-5,8,12-13H2,1-3H3/t14-,17?,18?,22?,25?,26?,27?,28+/m1/s1. The lowest BCUT2D eigenvalue weighted by atomic mass is 9.46. The largest absolute Gasteiger partial charge is 0.393 e. The summed E-state index contributed by atoms with van der Waals surface area (Å²) in [6.07, 6.45) is 7.34. The van der Waals surface area contributed by atoms with Crippen LogP contribution in [0.4, 0.5) is 0 Å². The molecule has 8 atom stereocenters. The summed E-state index contributed by atoms with van der Waals surface area (Å²) in [6, 6.07) is 3.20. The second kappa shape index (κ2) is 9.14. The molecule has 3 fully saturated rings. The molecule has 3 saturated carbocycles. The number of rotatable bonds is 4. The number of carbonyl (C=O) groups is 2.